The Morgan fingerprint density at radius 2 is 2.00 bits per heavy atom. The number of amides is 1. The third kappa shape index (κ3) is 3.84. The maximum absolute atomic E-state index is 11.4. The number of benzene rings is 1. The van der Waals surface area contributed by atoms with Crippen LogP contribution in [0.15, 0.2) is 29.4 Å². The number of nitrogens with one attached hydrogen (secondary N) is 1. The van der Waals surface area contributed by atoms with E-state index in [4.69, 9.17) is 11.6 Å². The fourth-order valence-electron chi connectivity index (χ4n) is 1.09. The average molecular weight is 255 g/mol. The van der Waals surface area contributed by atoms with Crippen LogP contribution >= 0.6 is 11.6 Å². The molecule has 0 heterocycles. The van der Waals surface area contributed by atoms with Crippen molar-refractivity contribution >= 4 is 23.2 Å². The van der Waals surface area contributed by atoms with Crippen LogP contribution in [0, 0.1) is 0 Å². The third-order valence-electron chi connectivity index (χ3n) is 2.14. The molecule has 0 saturated heterocycles. The molecule has 0 aliphatic carbocycles. The molecule has 0 spiro atoms. The predicted octanol–water partition coefficient (Wildman–Crippen LogP) is 1.95. The van der Waals surface area contributed by atoms with Crippen molar-refractivity contribution in [3.63, 3.8) is 0 Å². The van der Waals surface area contributed by atoms with Crippen LogP contribution in [-0.4, -0.2) is 22.3 Å². The number of aliphatic hydroxyl groups is 1. The summed E-state index contributed by atoms with van der Waals surface area (Å²) in [4.78, 5) is 11.4. The Hall–Kier alpha value is -1.39. The highest BCUT2D eigenvalue weighted by molar-refractivity contribution is 6.34. The molecule has 0 saturated carbocycles. The van der Waals surface area contributed by atoms with Crippen molar-refractivity contribution in [3.05, 3.63) is 34.9 Å². The lowest BCUT2D eigenvalue weighted by Crippen LogP contribution is -2.39. The van der Waals surface area contributed by atoms with Crippen LogP contribution in [0.5, 0.6) is 0 Å². The summed E-state index contributed by atoms with van der Waals surface area (Å²) in [5, 5.41) is 13.9. The normalized spacial score (nSPS) is 12.4. The minimum Gasteiger partial charge on any atom is -0.381 e. The van der Waals surface area contributed by atoms with Crippen molar-refractivity contribution in [1.82, 2.24) is 5.43 Å². The van der Waals surface area contributed by atoms with Crippen LogP contribution in [0.2, 0.25) is 5.02 Å². The molecule has 17 heavy (non-hydrogen) atoms. The summed E-state index contributed by atoms with van der Waals surface area (Å²) in [5.41, 5.74) is 2.15. The molecule has 0 aliphatic heterocycles. The largest absolute Gasteiger partial charge is 0.381 e. The number of halogens is 1. The van der Waals surface area contributed by atoms with Crippen LogP contribution in [0.25, 0.3) is 0 Å². The van der Waals surface area contributed by atoms with E-state index in [0.717, 1.165) is 5.56 Å². The topological polar surface area (TPSA) is 61.7 Å². The average Bonchev–Trinajstić information content (AvgIpc) is 2.24. The number of carbonyl (C=O) groups is 1. The zero-order valence-electron chi connectivity index (χ0n) is 9.99. The highest BCUT2D eigenvalue weighted by Gasteiger charge is 2.23. The molecule has 4 nitrogen and oxygen atoms in total. The van der Waals surface area contributed by atoms with Gasteiger partial charge in [0.25, 0.3) is 5.91 Å². The molecule has 0 bridgehead atoms. The minimum absolute atomic E-state index is 0.561. The van der Waals surface area contributed by atoms with Gasteiger partial charge in [-0.1, -0.05) is 29.8 Å². The second-order valence-corrected chi connectivity index (χ2v) is 4.58. The van der Waals surface area contributed by atoms with Crippen molar-refractivity contribution in [3.8, 4) is 0 Å². The molecule has 0 unspecified atom stereocenters. The van der Waals surface area contributed by atoms with Crippen LogP contribution < -0.4 is 5.43 Å². The van der Waals surface area contributed by atoms with Crippen molar-refractivity contribution in [2.45, 2.75) is 26.4 Å². The summed E-state index contributed by atoms with van der Waals surface area (Å²) in [6.45, 7) is 4.51. The van der Waals surface area contributed by atoms with Crippen LogP contribution in [0.4, 0.5) is 0 Å². The second-order valence-electron chi connectivity index (χ2n) is 4.18. The lowest BCUT2D eigenvalue weighted by molar-refractivity contribution is -0.136. The van der Waals surface area contributed by atoms with Gasteiger partial charge >= 0.3 is 0 Å². The Labute approximate surface area is 105 Å². The Morgan fingerprint density at radius 3 is 2.53 bits per heavy atom. The zero-order valence-corrected chi connectivity index (χ0v) is 10.7. The fourth-order valence-corrected chi connectivity index (χ4v) is 1.36. The summed E-state index contributed by atoms with van der Waals surface area (Å²) < 4.78 is 0. The summed E-state index contributed by atoms with van der Waals surface area (Å²) in [6, 6.07) is 7.19. The molecule has 0 aliphatic rings. The van der Waals surface area contributed by atoms with Crippen molar-refractivity contribution in [2.24, 2.45) is 5.10 Å². The molecule has 5 heteroatoms. The third-order valence-corrected chi connectivity index (χ3v) is 2.47. The first kappa shape index (κ1) is 13.7. The van der Waals surface area contributed by atoms with Crippen molar-refractivity contribution in [1.29, 1.82) is 0 Å². The van der Waals surface area contributed by atoms with E-state index in [-0.39, 0.29) is 0 Å². The Bertz CT molecular complexity index is 450. The van der Waals surface area contributed by atoms with Crippen LogP contribution in [-0.2, 0) is 4.79 Å². The van der Waals surface area contributed by atoms with E-state index in [1.165, 1.54) is 13.8 Å². The number of nitrogens with zero attached hydrogens (tertiary/aromatic N) is 1. The molecule has 0 radical (unpaired) electrons. The van der Waals surface area contributed by atoms with Gasteiger partial charge in [-0.25, -0.2) is 5.43 Å². The SMILES string of the molecule is C/C(=N/NC(=O)C(C)(C)O)c1ccccc1Cl. The Morgan fingerprint density at radius 1 is 1.41 bits per heavy atom. The van der Waals surface area contributed by atoms with Gasteiger partial charge in [0.05, 0.1) is 5.71 Å². The molecule has 1 aromatic rings. The first-order valence-corrected chi connectivity index (χ1v) is 5.52. The molecule has 1 aromatic carbocycles. The van der Waals surface area contributed by atoms with E-state index in [1.807, 2.05) is 12.1 Å². The first-order chi connectivity index (χ1) is 7.82. The summed E-state index contributed by atoms with van der Waals surface area (Å²) in [6.07, 6.45) is 0. The van der Waals surface area contributed by atoms with Gasteiger partial charge in [-0.05, 0) is 26.8 Å². The van der Waals surface area contributed by atoms with Gasteiger partial charge in [0.1, 0.15) is 5.60 Å². The standard InChI is InChI=1S/C12H15ClN2O2/c1-8(9-6-4-5-7-10(9)13)14-15-11(16)12(2,3)17/h4-7,17H,1-3H3,(H,15,16)/b14-8-. The van der Waals surface area contributed by atoms with E-state index in [0.29, 0.717) is 10.7 Å². The second kappa shape index (κ2) is 5.29. The summed E-state index contributed by atoms with van der Waals surface area (Å²) >= 11 is 5.98. The lowest BCUT2D eigenvalue weighted by Gasteiger charge is -2.14. The van der Waals surface area contributed by atoms with E-state index in [9.17, 15) is 9.90 Å². The highest BCUT2D eigenvalue weighted by Crippen LogP contribution is 2.15. The Kier molecular flexibility index (Phi) is 4.26. The summed E-state index contributed by atoms with van der Waals surface area (Å²) in [5.74, 6) is -0.566. The van der Waals surface area contributed by atoms with Crippen LogP contribution in [0.3, 0.4) is 0 Å². The monoisotopic (exact) mass is 254 g/mol. The van der Waals surface area contributed by atoms with Crippen molar-refractivity contribution in [2.75, 3.05) is 0 Å². The molecule has 0 fully saturated rings. The van der Waals surface area contributed by atoms with Gasteiger partial charge in [0.2, 0.25) is 0 Å². The van der Waals surface area contributed by atoms with Crippen molar-refractivity contribution < 1.29 is 9.90 Å². The minimum atomic E-state index is -1.45. The smallest absolute Gasteiger partial charge is 0.271 e. The number of hydrogen-bond acceptors (Lipinski definition) is 3. The van der Waals surface area contributed by atoms with Gasteiger partial charge in [-0.2, -0.15) is 5.10 Å². The van der Waals surface area contributed by atoms with Gasteiger partial charge in [-0.3, -0.25) is 4.79 Å². The lowest BCUT2D eigenvalue weighted by atomic mass is 10.1. The first-order valence-electron chi connectivity index (χ1n) is 5.14. The molecule has 1 amide bonds. The summed E-state index contributed by atoms with van der Waals surface area (Å²) in [7, 11) is 0. The van der Waals surface area contributed by atoms with Gasteiger partial charge in [-0.15, -0.1) is 0 Å². The predicted molar refractivity (Wildman–Crippen MR) is 68.1 cm³/mol. The van der Waals surface area contributed by atoms with Crippen LogP contribution in [0.1, 0.15) is 26.3 Å². The van der Waals surface area contributed by atoms with E-state index in [2.05, 4.69) is 10.5 Å². The number of hydrazone groups is 1. The molecule has 2 N–H and O–H groups in total. The fraction of sp³-hybridized carbons (Fsp3) is 0.333. The number of hydrogen-bond donors (Lipinski definition) is 2. The highest BCUT2D eigenvalue weighted by atomic mass is 35.5. The molecule has 0 aromatic heterocycles. The van der Waals surface area contributed by atoms with E-state index in [1.54, 1.807) is 19.1 Å². The molecular formula is C12H15ClN2O2. The zero-order chi connectivity index (χ0) is 13.1. The number of rotatable bonds is 3. The van der Waals surface area contributed by atoms with E-state index >= 15 is 0 Å². The maximum atomic E-state index is 11.4. The molecule has 0 atom stereocenters. The quantitative estimate of drug-likeness (QED) is 0.640. The number of carbonyl (C=O) groups excluding carboxylic acids is 1. The molecular weight excluding hydrogens is 240 g/mol. The molecule has 1 rings (SSSR count). The van der Waals surface area contributed by atoms with Gasteiger partial charge < -0.3 is 5.11 Å². The maximum Gasteiger partial charge on any atom is 0.271 e. The molecule has 92 valence electrons. The van der Waals surface area contributed by atoms with Gasteiger partial charge in [0.15, 0.2) is 0 Å². The van der Waals surface area contributed by atoms with Gasteiger partial charge in [0, 0.05) is 10.6 Å². The Balaban J connectivity index is 2.82. The van der Waals surface area contributed by atoms with E-state index < -0.39 is 11.5 Å².